The van der Waals surface area contributed by atoms with E-state index in [-0.39, 0.29) is 5.91 Å². The van der Waals surface area contributed by atoms with Crippen molar-refractivity contribution in [3.8, 4) is 6.07 Å². The zero-order chi connectivity index (χ0) is 18.3. The third kappa shape index (κ3) is 2.80. The van der Waals surface area contributed by atoms with E-state index in [0.29, 0.717) is 27.7 Å². The summed E-state index contributed by atoms with van der Waals surface area (Å²) in [5, 5.41) is 12.8. The molecule has 3 aromatic rings. The summed E-state index contributed by atoms with van der Waals surface area (Å²) in [5.74, 6) is 0.339. The van der Waals surface area contributed by atoms with Crippen molar-refractivity contribution in [2.24, 2.45) is 5.92 Å². The monoisotopic (exact) mass is 362 g/mol. The Bertz CT molecular complexity index is 1060. The Balaban J connectivity index is 1.72. The van der Waals surface area contributed by atoms with E-state index < -0.39 is 0 Å². The molecule has 1 atom stereocenters. The number of hydrogen-bond donors (Lipinski definition) is 2. The van der Waals surface area contributed by atoms with Crippen LogP contribution < -0.4 is 11.1 Å². The first-order chi connectivity index (χ1) is 12.6. The number of carbonyl (C=O) groups excluding carboxylic acids is 1. The van der Waals surface area contributed by atoms with Gasteiger partial charge in [0.05, 0.1) is 16.9 Å². The number of rotatable bonds is 2. The maximum Gasteiger partial charge on any atom is 0.267 e. The Kier molecular flexibility index (Phi) is 4.09. The number of carbonyl (C=O) groups is 1. The Morgan fingerprint density at radius 1 is 1.42 bits per heavy atom. The second kappa shape index (κ2) is 6.43. The number of aryl methyl sites for hydroxylation is 1. The zero-order valence-electron chi connectivity index (χ0n) is 14.4. The molecule has 130 valence electrons. The molecule has 1 amide bonds. The lowest BCUT2D eigenvalue weighted by atomic mass is 9.87. The highest BCUT2D eigenvalue weighted by Gasteiger charge is 2.22. The van der Waals surface area contributed by atoms with Gasteiger partial charge >= 0.3 is 0 Å². The van der Waals surface area contributed by atoms with Crippen LogP contribution in [0.25, 0.3) is 10.2 Å². The van der Waals surface area contributed by atoms with Crippen LogP contribution in [-0.4, -0.2) is 10.9 Å². The summed E-state index contributed by atoms with van der Waals surface area (Å²) in [7, 11) is 0. The van der Waals surface area contributed by atoms with Crippen LogP contribution in [0.2, 0.25) is 0 Å². The first-order valence-electron chi connectivity index (χ1n) is 8.58. The molecule has 0 aliphatic heterocycles. The minimum atomic E-state index is -0.306. The number of nitriles is 1. The van der Waals surface area contributed by atoms with Gasteiger partial charge in [0.15, 0.2) is 0 Å². The molecule has 0 bridgehead atoms. The minimum Gasteiger partial charge on any atom is -0.397 e. The van der Waals surface area contributed by atoms with Crippen LogP contribution in [0.1, 0.15) is 39.8 Å². The second-order valence-electron chi connectivity index (χ2n) is 6.75. The molecule has 1 aromatic carbocycles. The van der Waals surface area contributed by atoms with Gasteiger partial charge in [0.2, 0.25) is 0 Å². The van der Waals surface area contributed by atoms with Gasteiger partial charge in [0.25, 0.3) is 5.91 Å². The van der Waals surface area contributed by atoms with E-state index in [4.69, 9.17) is 10.7 Å². The molecule has 5 nitrogen and oxygen atoms in total. The van der Waals surface area contributed by atoms with Gasteiger partial charge in [-0.05, 0) is 48.9 Å². The minimum absolute atomic E-state index is 0.306. The molecule has 1 unspecified atom stereocenters. The highest BCUT2D eigenvalue weighted by atomic mass is 32.1. The topological polar surface area (TPSA) is 91.8 Å². The fourth-order valence-corrected chi connectivity index (χ4v) is 4.40. The van der Waals surface area contributed by atoms with Crippen LogP contribution in [0.4, 0.5) is 11.4 Å². The molecule has 1 aliphatic carbocycles. The third-order valence-electron chi connectivity index (χ3n) is 4.83. The largest absolute Gasteiger partial charge is 0.397 e. The Labute approximate surface area is 155 Å². The number of nitrogens with one attached hydrogen (secondary N) is 1. The number of pyridine rings is 1. The van der Waals surface area contributed by atoms with Crippen LogP contribution >= 0.6 is 11.3 Å². The van der Waals surface area contributed by atoms with Gasteiger partial charge in [-0.1, -0.05) is 19.1 Å². The van der Waals surface area contributed by atoms with Crippen molar-refractivity contribution in [3.05, 3.63) is 52.0 Å². The first kappa shape index (κ1) is 16.6. The maximum absolute atomic E-state index is 12.7. The van der Waals surface area contributed by atoms with E-state index in [1.165, 1.54) is 16.9 Å². The second-order valence-corrected chi connectivity index (χ2v) is 7.75. The van der Waals surface area contributed by atoms with E-state index >= 15 is 0 Å². The van der Waals surface area contributed by atoms with Crippen molar-refractivity contribution in [2.45, 2.75) is 26.2 Å². The van der Waals surface area contributed by atoms with Gasteiger partial charge in [-0.2, -0.15) is 5.26 Å². The molecule has 4 rings (SSSR count). The van der Waals surface area contributed by atoms with Crippen LogP contribution in [0.5, 0.6) is 0 Å². The van der Waals surface area contributed by atoms with Crippen molar-refractivity contribution in [1.82, 2.24) is 4.98 Å². The molecule has 2 heterocycles. The van der Waals surface area contributed by atoms with Crippen molar-refractivity contribution in [2.75, 3.05) is 11.1 Å². The fraction of sp³-hybridized carbons (Fsp3) is 0.250. The van der Waals surface area contributed by atoms with Crippen LogP contribution in [0.15, 0.2) is 30.3 Å². The number of nitrogens with two attached hydrogens (primary N) is 1. The lowest BCUT2D eigenvalue weighted by Gasteiger charge is -2.20. The maximum atomic E-state index is 12.7. The molecule has 0 spiro atoms. The van der Waals surface area contributed by atoms with Crippen molar-refractivity contribution < 1.29 is 4.79 Å². The number of aromatic nitrogens is 1. The van der Waals surface area contributed by atoms with Gasteiger partial charge in [-0.3, -0.25) is 4.79 Å². The number of amides is 1. The summed E-state index contributed by atoms with van der Waals surface area (Å²) in [6, 6.07) is 11.1. The zero-order valence-corrected chi connectivity index (χ0v) is 15.2. The quantitative estimate of drug-likeness (QED) is 0.717. The molecule has 0 fully saturated rings. The summed E-state index contributed by atoms with van der Waals surface area (Å²) >= 11 is 1.31. The molecule has 3 N–H and O–H groups in total. The average Bonchev–Trinajstić information content (AvgIpc) is 2.96. The number of nitrogen functional groups attached to an aromatic ring is 1. The van der Waals surface area contributed by atoms with Gasteiger partial charge in [0.1, 0.15) is 15.8 Å². The Hall–Kier alpha value is -2.91. The number of nitrogens with zero attached hydrogens (tertiary/aromatic N) is 2. The van der Waals surface area contributed by atoms with E-state index in [9.17, 15) is 10.1 Å². The number of benzene rings is 1. The standard InChI is InChI=1S/C20H18N4OS/c1-11-6-7-16-13(8-11)9-14-17(22)18(26-20(14)24-16)19(25)23-15-5-3-2-4-12(15)10-21/h2-5,9,11H,6-8,22H2,1H3,(H,23,25). The lowest BCUT2D eigenvalue weighted by Crippen LogP contribution is -2.13. The lowest BCUT2D eigenvalue weighted by molar-refractivity contribution is 0.103. The Morgan fingerprint density at radius 2 is 2.23 bits per heavy atom. The highest BCUT2D eigenvalue weighted by molar-refractivity contribution is 7.21. The predicted molar refractivity (Wildman–Crippen MR) is 104 cm³/mol. The van der Waals surface area contributed by atoms with E-state index in [1.807, 2.05) is 0 Å². The van der Waals surface area contributed by atoms with Crippen LogP contribution in [0, 0.1) is 17.2 Å². The fourth-order valence-electron chi connectivity index (χ4n) is 3.41. The number of hydrogen-bond acceptors (Lipinski definition) is 5. The molecule has 6 heteroatoms. The van der Waals surface area contributed by atoms with Crippen LogP contribution in [0.3, 0.4) is 0 Å². The molecule has 0 saturated carbocycles. The third-order valence-corrected chi connectivity index (χ3v) is 5.95. The SMILES string of the molecule is CC1CCc2nc3sc(C(=O)Nc4ccccc4C#N)c(N)c3cc2C1. The number of anilines is 2. The number of para-hydroxylation sites is 1. The van der Waals surface area contributed by atoms with Gasteiger partial charge < -0.3 is 11.1 Å². The highest BCUT2D eigenvalue weighted by Crippen LogP contribution is 2.36. The Morgan fingerprint density at radius 3 is 3.04 bits per heavy atom. The van der Waals surface area contributed by atoms with Crippen molar-refractivity contribution >= 4 is 38.8 Å². The van der Waals surface area contributed by atoms with Crippen molar-refractivity contribution in [3.63, 3.8) is 0 Å². The summed E-state index contributed by atoms with van der Waals surface area (Å²) in [6.45, 7) is 2.25. The summed E-state index contributed by atoms with van der Waals surface area (Å²) in [6.07, 6.45) is 3.12. The van der Waals surface area contributed by atoms with E-state index in [2.05, 4.69) is 24.4 Å². The van der Waals surface area contributed by atoms with E-state index in [1.54, 1.807) is 24.3 Å². The van der Waals surface area contributed by atoms with Gasteiger partial charge in [-0.25, -0.2) is 4.98 Å². The predicted octanol–water partition coefficient (Wildman–Crippen LogP) is 4.13. The smallest absolute Gasteiger partial charge is 0.267 e. The summed E-state index contributed by atoms with van der Waals surface area (Å²) in [5.41, 5.74) is 10.0. The first-order valence-corrected chi connectivity index (χ1v) is 9.39. The van der Waals surface area contributed by atoms with Gasteiger partial charge in [-0.15, -0.1) is 11.3 Å². The number of thiophene rings is 1. The molecule has 2 aromatic heterocycles. The molecule has 1 aliphatic rings. The molecular weight excluding hydrogens is 344 g/mol. The summed E-state index contributed by atoms with van der Waals surface area (Å²) in [4.78, 5) is 18.7. The summed E-state index contributed by atoms with van der Waals surface area (Å²) < 4.78 is 0. The molecule has 0 saturated heterocycles. The molecule has 26 heavy (non-hydrogen) atoms. The molecular formula is C20H18N4OS. The average molecular weight is 362 g/mol. The van der Waals surface area contributed by atoms with Crippen molar-refractivity contribution in [1.29, 1.82) is 5.26 Å². The normalized spacial score (nSPS) is 16.1. The van der Waals surface area contributed by atoms with E-state index in [0.717, 1.165) is 35.2 Å². The molecule has 0 radical (unpaired) electrons. The number of fused-ring (bicyclic) bond motifs is 2. The van der Waals surface area contributed by atoms with Crippen LogP contribution in [-0.2, 0) is 12.8 Å². The van der Waals surface area contributed by atoms with Gasteiger partial charge in [0, 0.05) is 11.1 Å².